The van der Waals surface area contributed by atoms with Gasteiger partial charge in [-0.05, 0) is 12.1 Å². The predicted octanol–water partition coefficient (Wildman–Crippen LogP) is 0.798. The molecule has 0 amide bonds. The van der Waals surface area contributed by atoms with Gasteiger partial charge in [0.2, 0.25) is 0 Å². The molecule has 2 aromatic rings. The van der Waals surface area contributed by atoms with Gasteiger partial charge in [0.15, 0.2) is 0 Å². The number of anilines is 1. The molecule has 0 bridgehead atoms. The van der Waals surface area contributed by atoms with E-state index in [0.29, 0.717) is 18.8 Å². The fraction of sp³-hybridized carbons (Fsp3) is 0.231. The Balaban J connectivity index is 2.05. The quantitative estimate of drug-likeness (QED) is 0.830. The van der Waals surface area contributed by atoms with Crippen molar-refractivity contribution in [1.29, 1.82) is 0 Å². The maximum Gasteiger partial charge on any atom is 0.316 e. The van der Waals surface area contributed by atoms with Crippen LogP contribution in [0.3, 0.4) is 0 Å². The Bertz CT molecular complexity index is 691. The van der Waals surface area contributed by atoms with Crippen molar-refractivity contribution in [3.8, 4) is 0 Å². The highest BCUT2D eigenvalue weighted by molar-refractivity contribution is 5.44. The second-order valence-electron chi connectivity index (χ2n) is 4.12. The molecule has 5 nitrogen and oxygen atoms in total. The molecule has 0 unspecified atom stereocenters. The van der Waals surface area contributed by atoms with E-state index in [4.69, 9.17) is 0 Å². The summed E-state index contributed by atoms with van der Waals surface area (Å²) < 4.78 is 15.9. The SMILES string of the molecule is Cn1ccn(CCNc2ccccc2F)c(=O)c1=O. The minimum Gasteiger partial charge on any atom is -0.381 e. The van der Waals surface area contributed by atoms with Crippen LogP contribution in [0, 0.1) is 5.82 Å². The molecule has 0 fully saturated rings. The fourth-order valence-corrected chi connectivity index (χ4v) is 1.68. The molecule has 1 aromatic carbocycles. The highest BCUT2D eigenvalue weighted by Crippen LogP contribution is 2.11. The van der Waals surface area contributed by atoms with Gasteiger partial charge in [-0.25, -0.2) is 4.39 Å². The Morgan fingerprint density at radius 2 is 1.89 bits per heavy atom. The number of aryl methyl sites for hydroxylation is 1. The van der Waals surface area contributed by atoms with Crippen molar-refractivity contribution in [2.45, 2.75) is 6.54 Å². The van der Waals surface area contributed by atoms with Crippen molar-refractivity contribution >= 4 is 5.69 Å². The first kappa shape index (κ1) is 13.1. The normalized spacial score (nSPS) is 10.4. The summed E-state index contributed by atoms with van der Waals surface area (Å²) in [6.07, 6.45) is 3.06. The second-order valence-corrected chi connectivity index (χ2v) is 4.12. The van der Waals surface area contributed by atoms with Crippen LogP contribution in [0.4, 0.5) is 10.1 Å². The Labute approximate surface area is 108 Å². The van der Waals surface area contributed by atoms with Gasteiger partial charge in [-0.15, -0.1) is 0 Å². The number of para-hydroxylation sites is 1. The average Bonchev–Trinajstić information content (AvgIpc) is 2.41. The van der Waals surface area contributed by atoms with E-state index in [1.165, 1.54) is 34.6 Å². The summed E-state index contributed by atoms with van der Waals surface area (Å²) >= 11 is 0. The summed E-state index contributed by atoms with van der Waals surface area (Å²) in [5.74, 6) is -0.348. The standard InChI is InChI=1S/C13H14FN3O2/c1-16-8-9-17(13(19)12(16)18)7-6-15-11-5-3-2-4-10(11)14/h2-5,8-9,15H,6-7H2,1H3. The fourth-order valence-electron chi connectivity index (χ4n) is 1.68. The zero-order valence-electron chi connectivity index (χ0n) is 10.5. The van der Waals surface area contributed by atoms with Crippen LogP contribution in [0.5, 0.6) is 0 Å². The van der Waals surface area contributed by atoms with Crippen LogP contribution in [-0.2, 0) is 13.6 Å². The highest BCUT2D eigenvalue weighted by atomic mass is 19.1. The van der Waals surface area contributed by atoms with E-state index in [-0.39, 0.29) is 5.82 Å². The summed E-state index contributed by atoms with van der Waals surface area (Å²) in [4.78, 5) is 23.1. The third kappa shape index (κ3) is 2.90. The van der Waals surface area contributed by atoms with Gasteiger partial charge >= 0.3 is 11.1 Å². The molecule has 19 heavy (non-hydrogen) atoms. The summed E-state index contributed by atoms with van der Waals surface area (Å²) in [7, 11) is 1.52. The molecule has 0 saturated carbocycles. The largest absolute Gasteiger partial charge is 0.381 e. The smallest absolute Gasteiger partial charge is 0.316 e. The molecule has 0 radical (unpaired) electrons. The lowest BCUT2D eigenvalue weighted by Gasteiger charge is -2.09. The molecule has 2 rings (SSSR count). The highest BCUT2D eigenvalue weighted by Gasteiger charge is 2.03. The van der Waals surface area contributed by atoms with Crippen molar-refractivity contribution in [1.82, 2.24) is 9.13 Å². The number of hydrogen-bond acceptors (Lipinski definition) is 3. The van der Waals surface area contributed by atoms with Gasteiger partial charge in [-0.1, -0.05) is 12.1 Å². The summed E-state index contributed by atoms with van der Waals surface area (Å²) in [6, 6.07) is 6.29. The summed E-state index contributed by atoms with van der Waals surface area (Å²) in [5, 5.41) is 2.88. The molecular weight excluding hydrogens is 249 g/mol. The Morgan fingerprint density at radius 1 is 1.16 bits per heavy atom. The van der Waals surface area contributed by atoms with E-state index in [2.05, 4.69) is 5.32 Å². The predicted molar refractivity (Wildman–Crippen MR) is 70.8 cm³/mol. The van der Waals surface area contributed by atoms with Crippen molar-refractivity contribution in [3.05, 3.63) is 63.2 Å². The third-order valence-electron chi connectivity index (χ3n) is 2.78. The van der Waals surface area contributed by atoms with Crippen LogP contribution in [0.25, 0.3) is 0 Å². The Kier molecular flexibility index (Phi) is 3.79. The lowest BCUT2D eigenvalue weighted by atomic mass is 10.3. The molecule has 0 aliphatic rings. The van der Waals surface area contributed by atoms with E-state index in [9.17, 15) is 14.0 Å². The molecule has 1 heterocycles. The molecule has 100 valence electrons. The van der Waals surface area contributed by atoms with Crippen molar-refractivity contribution in [2.75, 3.05) is 11.9 Å². The molecule has 0 atom stereocenters. The van der Waals surface area contributed by atoms with Crippen LogP contribution in [0.1, 0.15) is 0 Å². The average molecular weight is 263 g/mol. The van der Waals surface area contributed by atoms with E-state index in [1.54, 1.807) is 18.2 Å². The number of benzene rings is 1. The summed E-state index contributed by atoms with van der Waals surface area (Å²) in [5.41, 5.74) is -0.784. The molecule has 0 aliphatic carbocycles. The molecule has 1 N–H and O–H groups in total. The lowest BCUT2D eigenvalue weighted by molar-refractivity contribution is 0.623. The molecule has 0 spiro atoms. The monoisotopic (exact) mass is 263 g/mol. The van der Waals surface area contributed by atoms with Crippen LogP contribution < -0.4 is 16.4 Å². The second kappa shape index (κ2) is 5.51. The number of nitrogens with zero attached hydrogens (tertiary/aromatic N) is 2. The maximum atomic E-state index is 13.3. The first-order chi connectivity index (χ1) is 9.09. The van der Waals surface area contributed by atoms with Gasteiger partial charge in [-0.2, -0.15) is 0 Å². The van der Waals surface area contributed by atoms with E-state index < -0.39 is 11.1 Å². The maximum absolute atomic E-state index is 13.3. The Morgan fingerprint density at radius 3 is 2.63 bits per heavy atom. The van der Waals surface area contributed by atoms with Gasteiger partial charge < -0.3 is 14.5 Å². The van der Waals surface area contributed by atoms with Crippen molar-refractivity contribution in [2.24, 2.45) is 7.05 Å². The van der Waals surface area contributed by atoms with Gasteiger partial charge in [-0.3, -0.25) is 9.59 Å². The molecular formula is C13H14FN3O2. The zero-order chi connectivity index (χ0) is 13.8. The zero-order valence-corrected chi connectivity index (χ0v) is 10.5. The van der Waals surface area contributed by atoms with Gasteiger partial charge in [0.05, 0.1) is 5.69 Å². The number of aromatic nitrogens is 2. The van der Waals surface area contributed by atoms with Gasteiger partial charge in [0, 0.05) is 32.5 Å². The lowest BCUT2D eigenvalue weighted by Crippen LogP contribution is -2.40. The number of rotatable bonds is 4. The van der Waals surface area contributed by atoms with Crippen LogP contribution in [0.15, 0.2) is 46.2 Å². The van der Waals surface area contributed by atoms with Crippen LogP contribution in [-0.4, -0.2) is 15.7 Å². The third-order valence-corrected chi connectivity index (χ3v) is 2.78. The number of halogens is 1. The molecule has 1 aromatic heterocycles. The number of nitrogens with one attached hydrogen (secondary N) is 1. The van der Waals surface area contributed by atoms with Crippen molar-refractivity contribution in [3.63, 3.8) is 0 Å². The topological polar surface area (TPSA) is 56.0 Å². The number of hydrogen-bond donors (Lipinski definition) is 1. The summed E-state index contributed by atoms with van der Waals surface area (Å²) in [6.45, 7) is 0.650. The first-order valence-corrected chi connectivity index (χ1v) is 5.84. The van der Waals surface area contributed by atoms with E-state index in [1.807, 2.05) is 0 Å². The molecule has 0 saturated heterocycles. The van der Waals surface area contributed by atoms with E-state index in [0.717, 1.165) is 0 Å². The van der Waals surface area contributed by atoms with Crippen LogP contribution >= 0.6 is 0 Å². The minimum absolute atomic E-state index is 0.295. The minimum atomic E-state index is -0.583. The Hall–Kier alpha value is -2.37. The molecule has 6 heteroatoms. The van der Waals surface area contributed by atoms with Gasteiger partial charge in [0.1, 0.15) is 5.82 Å². The van der Waals surface area contributed by atoms with E-state index >= 15 is 0 Å². The van der Waals surface area contributed by atoms with Crippen LogP contribution in [0.2, 0.25) is 0 Å². The van der Waals surface area contributed by atoms with Gasteiger partial charge in [0.25, 0.3) is 0 Å². The molecule has 0 aliphatic heterocycles. The first-order valence-electron chi connectivity index (χ1n) is 5.84. The van der Waals surface area contributed by atoms with Crippen molar-refractivity contribution < 1.29 is 4.39 Å².